The van der Waals surface area contributed by atoms with Crippen LogP contribution in [0.3, 0.4) is 0 Å². The van der Waals surface area contributed by atoms with E-state index in [9.17, 15) is 4.79 Å². The van der Waals surface area contributed by atoms with Gasteiger partial charge in [0.1, 0.15) is 0 Å². The number of carbonyl (C=O) groups is 1. The van der Waals surface area contributed by atoms with Crippen LogP contribution in [0.25, 0.3) is 0 Å². The van der Waals surface area contributed by atoms with E-state index in [0.29, 0.717) is 6.54 Å². The molecular weight excluding hydrogens is 268 g/mol. The molecule has 2 aromatic rings. The van der Waals surface area contributed by atoms with Gasteiger partial charge in [-0.3, -0.25) is 4.79 Å². The Morgan fingerprint density at radius 3 is 2.76 bits per heavy atom. The number of ether oxygens (including phenoxy) is 2. The lowest BCUT2D eigenvalue weighted by atomic mass is 10.2. The maximum Gasteiger partial charge on any atom is 0.231 e. The lowest BCUT2D eigenvalue weighted by molar-refractivity contribution is -0.114. The third kappa shape index (κ3) is 3.25. The zero-order valence-corrected chi connectivity index (χ0v) is 11.7. The molecule has 1 aliphatic rings. The zero-order valence-electron chi connectivity index (χ0n) is 11.7. The molecule has 0 spiro atoms. The van der Waals surface area contributed by atoms with Crippen molar-refractivity contribution in [2.75, 3.05) is 17.4 Å². The number of rotatable bonds is 4. The third-order valence-corrected chi connectivity index (χ3v) is 3.12. The van der Waals surface area contributed by atoms with Crippen molar-refractivity contribution in [3.63, 3.8) is 0 Å². The minimum absolute atomic E-state index is 0.0806. The van der Waals surface area contributed by atoms with Crippen LogP contribution in [0.15, 0.2) is 42.5 Å². The van der Waals surface area contributed by atoms with E-state index in [2.05, 4.69) is 10.6 Å². The highest BCUT2D eigenvalue weighted by Crippen LogP contribution is 2.32. The molecule has 0 atom stereocenters. The Kier molecular flexibility index (Phi) is 3.64. The molecule has 0 aliphatic carbocycles. The zero-order chi connectivity index (χ0) is 14.7. The van der Waals surface area contributed by atoms with E-state index in [1.807, 2.05) is 42.5 Å². The van der Waals surface area contributed by atoms with E-state index in [1.165, 1.54) is 6.92 Å². The first kappa shape index (κ1) is 13.3. The molecule has 2 aromatic carbocycles. The minimum atomic E-state index is -0.0806. The summed E-state index contributed by atoms with van der Waals surface area (Å²) in [5.74, 6) is 1.48. The van der Waals surface area contributed by atoms with Crippen LogP contribution in [-0.4, -0.2) is 12.7 Å². The summed E-state index contributed by atoms with van der Waals surface area (Å²) in [4.78, 5) is 11.1. The summed E-state index contributed by atoms with van der Waals surface area (Å²) >= 11 is 0. The first-order valence-electron chi connectivity index (χ1n) is 6.71. The number of hydrogen-bond donors (Lipinski definition) is 2. The maximum absolute atomic E-state index is 11.1. The van der Waals surface area contributed by atoms with Crippen LogP contribution < -0.4 is 20.1 Å². The van der Waals surface area contributed by atoms with Crippen LogP contribution in [0.1, 0.15) is 12.5 Å². The molecule has 0 bridgehead atoms. The van der Waals surface area contributed by atoms with Crippen molar-refractivity contribution in [2.45, 2.75) is 13.5 Å². The third-order valence-electron chi connectivity index (χ3n) is 3.12. The van der Waals surface area contributed by atoms with Gasteiger partial charge in [-0.1, -0.05) is 12.1 Å². The van der Waals surface area contributed by atoms with Gasteiger partial charge in [-0.2, -0.15) is 0 Å². The van der Waals surface area contributed by atoms with Crippen LogP contribution in [0.2, 0.25) is 0 Å². The van der Waals surface area contributed by atoms with Gasteiger partial charge in [-0.15, -0.1) is 0 Å². The van der Waals surface area contributed by atoms with Crippen LogP contribution in [0, 0.1) is 0 Å². The summed E-state index contributed by atoms with van der Waals surface area (Å²) in [5.41, 5.74) is 2.82. The first-order valence-corrected chi connectivity index (χ1v) is 6.71. The second-order valence-corrected chi connectivity index (χ2v) is 4.80. The summed E-state index contributed by atoms with van der Waals surface area (Å²) in [6, 6.07) is 13.5. The highest BCUT2D eigenvalue weighted by atomic mass is 16.7. The Labute approximate surface area is 122 Å². The smallest absolute Gasteiger partial charge is 0.231 e. The van der Waals surface area contributed by atoms with Gasteiger partial charge in [0.25, 0.3) is 0 Å². The quantitative estimate of drug-likeness (QED) is 0.906. The van der Waals surface area contributed by atoms with Gasteiger partial charge < -0.3 is 20.1 Å². The molecule has 3 rings (SSSR count). The number of carbonyl (C=O) groups excluding carboxylic acids is 1. The molecular formula is C16H16N2O3. The van der Waals surface area contributed by atoms with Crippen molar-refractivity contribution in [2.24, 2.45) is 0 Å². The van der Waals surface area contributed by atoms with Gasteiger partial charge in [-0.25, -0.2) is 0 Å². The first-order chi connectivity index (χ1) is 10.2. The number of anilines is 2. The number of nitrogens with one attached hydrogen (secondary N) is 2. The van der Waals surface area contributed by atoms with Gasteiger partial charge in [0.05, 0.1) is 0 Å². The number of fused-ring (bicyclic) bond motifs is 1. The number of benzene rings is 2. The fourth-order valence-electron chi connectivity index (χ4n) is 2.17. The summed E-state index contributed by atoms with van der Waals surface area (Å²) in [7, 11) is 0. The summed E-state index contributed by atoms with van der Waals surface area (Å²) in [6.45, 7) is 2.44. The minimum Gasteiger partial charge on any atom is -0.454 e. The molecule has 0 saturated carbocycles. The molecule has 0 unspecified atom stereocenters. The molecule has 0 fully saturated rings. The summed E-state index contributed by atoms with van der Waals surface area (Å²) in [6.07, 6.45) is 0. The molecule has 2 N–H and O–H groups in total. The van der Waals surface area contributed by atoms with E-state index in [-0.39, 0.29) is 12.7 Å². The van der Waals surface area contributed by atoms with E-state index in [4.69, 9.17) is 9.47 Å². The lowest BCUT2D eigenvalue weighted by Gasteiger charge is -2.09. The predicted molar refractivity (Wildman–Crippen MR) is 80.6 cm³/mol. The van der Waals surface area contributed by atoms with E-state index in [0.717, 1.165) is 28.4 Å². The molecule has 1 amide bonds. The standard InChI is InChI=1S/C16H16N2O3/c1-11(19)18-14-4-2-3-13(8-14)17-9-12-5-6-15-16(7-12)21-10-20-15/h2-8,17H,9-10H2,1H3,(H,18,19). The summed E-state index contributed by atoms with van der Waals surface area (Å²) in [5, 5.41) is 6.08. The second-order valence-electron chi connectivity index (χ2n) is 4.80. The lowest BCUT2D eigenvalue weighted by Crippen LogP contribution is -2.06. The number of amides is 1. The molecule has 5 nitrogen and oxygen atoms in total. The Balaban J connectivity index is 1.66. The van der Waals surface area contributed by atoms with Crippen molar-refractivity contribution < 1.29 is 14.3 Å². The van der Waals surface area contributed by atoms with Crippen LogP contribution in [0.5, 0.6) is 11.5 Å². The molecule has 21 heavy (non-hydrogen) atoms. The van der Waals surface area contributed by atoms with E-state index in [1.54, 1.807) is 0 Å². The SMILES string of the molecule is CC(=O)Nc1cccc(NCc2ccc3c(c2)OCO3)c1. The Bertz CT molecular complexity index is 670. The van der Waals surface area contributed by atoms with Gasteiger partial charge in [0.2, 0.25) is 12.7 Å². The molecule has 108 valence electrons. The van der Waals surface area contributed by atoms with Gasteiger partial charge in [0.15, 0.2) is 11.5 Å². The largest absolute Gasteiger partial charge is 0.454 e. The maximum atomic E-state index is 11.1. The van der Waals surface area contributed by atoms with Gasteiger partial charge >= 0.3 is 0 Å². The van der Waals surface area contributed by atoms with Crippen LogP contribution in [0.4, 0.5) is 11.4 Å². The topological polar surface area (TPSA) is 59.6 Å². The van der Waals surface area contributed by atoms with Crippen molar-refractivity contribution >= 4 is 17.3 Å². The fourth-order valence-corrected chi connectivity index (χ4v) is 2.17. The Hall–Kier alpha value is -2.69. The van der Waals surface area contributed by atoms with Crippen LogP contribution in [-0.2, 0) is 11.3 Å². The van der Waals surface area contributed by atoms with Crippen molar-refractivity contribution in [1.82, 2.24) is 0 Å². The Morgan fingerprint density at radius 1 is 1.10 bits per heavy atom. The van der Waals surface area contributed by atoms with Crippen molar-refractivity contribution in [3.05, 3.63) is 48.0 Å². The molecule has 1 aliphatic heterocycles. The average Bonchev–Trinajstić information content (AvgIpc) is 2.92. The van der Waals surface area contributed by atoms with Crippen molar-refractivity contribution in [1.29, 1.82) is 0 Å². The van der Waals surface area contributed by atoms with Crippen molar-refractivity contribution in [3.8, 4) is 11.5 Å². The van der Waals surface area contributed by atoms with Gasteiger partial charge in [0, 0.05) is 24.8 Å². The van der Waals surface area contributed by atoms with Gasteiger partial charge in [-0.05, 0) is 35.9 Å². The number of hydrogen-bond acceptors (Lipinski definition) is 4. The normalized spacial score (nSPS) is 12.0. The predicted octanol–water partition coefficient (Wildman–Crippen LogP) is 2.99. The van der Waals surface area contributed by atoms with E-state index < -0.39 is 0 Å². The van der Waals surface area contributed by atoms with Crippen LogP contribution >= 0.6 is 0 Å². The molecule has 0 radical (unpaired) electrons. The second kappa shape index (κ2) is 5.75. The molecule has 1 heterocycles. The highest BCUT2D eigenvalue weighted by Gasteiger charge is 2.12. The highest BCUT2D eigenvalue weighted by molar-refractivity contribution is 5.89. The molecule has 5 heteroatoms. The molecule has 0 saturated heterocycles. The van der Waals surface area contributed by atoms with E-state index >= 15 is 0 Å². The molecule has 0 aromatic heterocycles. The average molecular weight is 284 g/mol. The monoisotopic (exact) mass is 284 g/mol. The fraction of sp³-hybridized carbons (Fsp3) is 0.188. The summed E-state index contributed by atoms with van der Waals surface area (Å²) < 4.78 is 10.6. The Morgan fingerprint density at radius 2 is 1.90 bits per heavy atom.